The number of alkyl halides is 2. The molecule has 1 unspecified atom stereocenters. The minimum atomic E-state index is -5.06. The Morgan fingerprint density at radius 2 is 1.77 bits per heavy atom. The Hall–Kier alpha value is -1.06. The average Bonchev–Trinajstić information content (AvgIpc) is 2.57. The topological polar surface area (TPSA) is 57.6 Å². The summed E-state index contributed by atoms with van der Waals surface area (Å²) in [5.41, 5.74) is -0.972. The quantitative estimate of drug-likeness (QED) is 0.501. The van der Waals surface area contributed by atoms with Crippen molar-refractivity contribution in [2.75, 3.05) is 6.54 Å². The predicted octanol–water partition coefficient (Wildman–Crippen LogP) is 4.49. The molecule has 0 saturated carbocycles. The number of benzene rings is 2. The normalized spacial score (nSPS) is 15.1. The van der Waals surface area contributed by atoms with Gasteiger partial charge in [-0.05, 0) is 43.2 Å². The van der Waals surface area contributed by atoms with Crippen LogP contribution in [-0.2, 0) is 15.4 Å². The van der Waals surface area contributed by atoms with Gasteiger partial charge in [-0.2, -0.15) is 12.7 Å². The zero-order valence-corrected chi connectivity index (χ0v) is 17.1. The SMILES string of the molecule is Cc1cc(S(=O)(=O)C(F)(F)N(Br)CC(C)(O)c2ccccc2)ccc1Cl. The summed E-state index contributed by atoms with van der Waals surface area (Å²) < 4.78 is 54.4. The predicted molar refractivity (Wildman–Crippen MR) is 100.0 cm³/mol. The van der Waals surface area contributed by atoms with Gasteiger partial charge in [-0.3, -0.25) is 0 Å². The van der Waals surface area contributed by atoms with E-state index in [0.29, 0.717) is 11.1 Å². The van der Waals surface area contributed by atoms with Gasteiger partial charge >= 0.3 is 5.38 Å². The van der Waals surface area contributed by atoms with Crippen molar-refractivity contribution in [3.63, 3.8) is 0 Å². The molecule has 142 valence electrons. The molecule has 0 heterocycles. The second kappa shape index (κ2) is 7.52. The maximum absolute atomic E-state index is 14.7. The number of nitrogens with zero attached hydrogens (tertiary/aromatic N) is 1. The molecule has 0 aromatic heterocycles. The Labute approximate surface area is 164 Å². The van der Waals surface area contributed by atoms with Crippen LogP contribution in [0, 0.1) is 6.92 Å². The Morgan fingerprint density at radius 3 is 2.31 bits per heavy atom. The van der Waals surface area contributed by atoms with Gasteiger partial charge in [0.1, 0.15) is 5.60 Å². The van der Waals surface area contributed by atoms with Gasteiger partial charge in [-0.15, -0.1) is 0 Å². The first-order chi connectivity index (χ1) is 11.9. The van der Waals surface area contributed by atoms with Crippen LogP contribution < -0.4 is 0 Å². The van der Waals surface area contributed by atoms with E-state index in [2.05, 4.69) is 16.1 Å². The minimum absolute atomic E-state index is 0.145. The van der Waals surface area contributed by atoms with E-state index in [1.807, 2.05) is 0 Å². The lowest BCUT2D eigenvalue weighted by molar-refractivity contribution is -0.0524. The van der Waals surface area contributed by atoms with Gasteiger partial charge in [0.2, 0.25) is 0 Å². The molecule has 0 spiro atoms. The van der Waals surface area contributed by atoms with Gasteiger partial charge in [-0.1, -0.05) is 41.9 Å². The molecule has 0 fully saturated rings. The van der Waals surface area contributed by atoms with E-state index in [1.165, 1.54) is 19.9 Å². The molecule has 0 radical (unpaired) electrons. The van der Waals surface area contributed by atoms with E-state index in [-0.39, 0.29) is 8.95 Å². The smallest absolute Gasteiger partial charge is 0.384 e. The zero-order valence-electron chi connectivity index (χ0n) is 14.0. The van der Waals surface area contributed by atoms with Gasteiger partial charge in [0, 0.05) is 27.7 Å². The van der Waals surface area contributed by atoms with Crippen molar-refractivity contribution in [3.8, 4) is 0 Å². The fraction of sp³-hybridized carbons (Fsp3) is 0.294. The van der Waals surface area contributed by atoms with Crippen LogP contribution in [0.25, 0.3) is 0 Å². The van der Waals surface area contributed by atoms with Crippen molar-refractivity contribution < 1.29 is 22.3 Å². The number of hydrogen-bond acceptors (Lipinski definition) is 4. The van der Waals surface area contributed by atoms with Crippen LogP contribution in [0.3, 0.4) is 0 Å². The van der Waals surface area contributed by atoms with Crippen LogP contribution in [0.1, 0.15) is 18.1 Å². The lowest BCUT2D eigenvalue weighted by atomic mass is 9.96. The first-order valence-corrected chi connectivity index (χ1v) is 10.1. The third-order valence-corrected chi connectivity index (χ3v) is 6.98. The van der Waals surface area contributed by atoms with Crippen molar-refractivity contribution in [1.82, 2.24) is 3.93 Å². The average molecular weight is 469 g/mol. The van der Waals surface area contributed by atoms with Gasteiger partial charge in [-0.25, -0.2) is 8.42 Å². The van der Waals surface area contributed by atoms with Crippen molar-refractivity contribution >= 4 is 37.6 Å². The Kier molecular flexibility index (Phi) is 6.14. The van der Waals surface area contributed by atoms with Crippen molar-refractivity contribution in [3.05, 3.63) is 64.7 Å². The number of hydrogen-bond donors (Lipinski definition) is 1. The molecule has 1 atom stereocenters. The molecule has 1 N–H and O–H groups in total. The second-order valence-electron chi connectivity index (χ2n) is 6.06. The lowest BCUT2D eigenvalue weighted by Gasteiger charge is -2.32. The molecule has 9 heteroatoms. The van der Waals surface area contributed by atoms with E-state index >= 15 is 0 Å². The molecule has 2 aromatic rings. The van der Waals surface area contributed by atoms with Gasteiger partial charge in [0.25, 0.3) is 9.84 Å². The first-order valence-electron chi connectivity index (χ1n) is 7.49. The molecule has 0 aliphatic carbocycles. The molecule has 0 amide bonds. The maximum Gasteiger partial charge on any atom is 0.420 e. The van der Waals surface area contributed by atoms with E-state index in [9.17, 15) is 22.3 Å². The number of aryl methyl sites for hydroxylation is 1. The lowest BCUT2D eigenvalue weighted by Crippen LogP contribution is -2.47. The fourth-order valence-electron chi connectivity index (χ4n) is 2.31. The van der Waals surface area contributed by atoms with Crippen LogP contribution in [0.4, 0.5) is 8.78 Å². The van der Waals surface area contributed by atoms with Crippen molar-refractivity contribution in [2.24, 2.45) is 0 Å². The standard InChI is InChI=1S/C17H17BrClF2NO3S/c1-12-10-14(8-9-15(12)19)26(24,25)17(20,21)22(18)11-16(2,23)13-6-4-3-5-7-13/h3-10,23H,11H2,1-2H3. The van der Waals surface area contributed by atoms with Gasteiger partial charge < -0.3 is 5.11 Å². The molecule has 26 heavy (non-hydrogen) atoms. The molecule has 0 aliphatic rings. The summed E-state index contributed by atoms with van der Waals surface area (Å²) in [6.07, 6.45) is 0. The van der Waals surface area contributed by atoms with Gasteiger partial charge in [0.05, 0.1) is 4.90 Å². The van der Waals surface area contributed by atoms with Crippen LogP contribution >= 0.6 is 27.7 Å². The Morgan fingerprint density at radius 1 is 1.19 bits per heavy atom. The van der Waals surface area contributed by atoms with E-state index in [4.69, 9.17) is 11.6 Å². The third kappa shape index (κ3) is 4.09. The molecular weight excluding hydrogens is 452 g/mol. The highest BCUT2D eigenvalue weighted by Gasteiger charge is 2.52. The fourth-order valence-corrected chi connectivity index (χ4v) is 4.67. The summed E-state index contributed by atoms with van der Waals surface area (Å²) in [5, 5.41) is 6.49. The number of aliphatic hydroxyl groups is 1. The maximum atomic E-state index is 14.7. The summed E-state index contributed by atoms with van der Waals surface area (Å²) >= 11 is 8.44. The minimum Gasteiger partial charge on any atom is -0.384 e. The largest absolute Gasteiger partial charge is 0.420 e. The third-order valence-electron chi connectivity index (χ3n) is 3.89. The summed E-state index contributed by atoms with van der Waals surface area (Å²) in [5.74, 6) is 0. The van der Waals surface area contributed by atoms with Crippen molar-refractivity contribution in [2.45, 2.75) is 29.7 Å². The summed E-state index contributed by atoms with van der Waals surface area (Å²) in [6, 6.07) is 11.5. The molecular formula is C17H17BrClF2NO3S. The Bertz CT molecular complexity index is 892. The Balaban J connectivity index is 2.34. The number of rotatable bonds is 6. The zero-order chi connectivity index (χ0) is 19.8. The number of halogens is 4. The summed E-state index contributed by atoms with van der Waals surface area (Å²) in [6.45, 7) is 2.17. The molecule has 2 aromatic carbocycles. The number of sulfone groups is 1. The highest BCUT2D eigenvalue weighted by Crippen LogP contribution is 2.38. The molecule has 0 bridgehead atoms. The first kappa shape index (κ1) is 21.2. The summed E-state index contributed by atoms with van der Waals surface area (Å²) in [7, 11) is -5.06. The van der Waals surface area contributed by atoms with Crippen LogP contribution in [0.2, 0.25) is 5.02 Å². The highest BCUT2D eigenvalue weighted by molar-refractivity contribution is 9.07. The highest BCUT2D eigenvalue weighted by atomic mass is 79.9. The van der Waals surface area contributed by atoms with E-state index in [0.717, 1.165) is 12.1 Å². The second-order valence-corrected chi connectivity index (χ2v) is 9.29. The van der Waals surface area contributed by atoms with E-state index in [1.54, 1.807) is 30.3 Å². The van der Waals surface area contributed by atoms with Gasteiger partial charge in [0.15, 0.2) is 0 Å². The van der Waals surface area contributed by atoms with Crippen molar-refractivity contribution in [1.29, 1.82) is 0 Å². The van der Waals surface area contributed by atoms with Crippen LogP contribution in [-0.4, -0.2) is 29.4 Å². The molecule has 2 rings (SSSR count). The molecule has 0 aliphatic heterocycles. The molecule has 0 saturated heterocycles. The van der Waals surface area contributed by atoms with Crippen LogP contribution in [0.15, 0.2) is 53.4 Å². The van der Waals surface area contributed by atoms with Crippen LogP contribution in [0.5, 0.6) is 0 Å². The van der Waals surface area contributed by atoms with E-state index < -0.39 is 32.3 Å². The monoisotopic (exact) mass is 467 g/mol. The summed E-state index contributed by atoms with van der Waals surface area (Å²) in [4.78, 5) is -0.562. The molecule has 4 nitrogen and oxygen atoms in total.